The molecule has 2 aromatic rings. The van der Waals surface area contributed by atoms with Crippen molar-refractivity contribution < 1.29 is 14.3 Å². The number of methoxy groups -OCH3 is 1. The lowest BCUT2D eigenvalue weighted by Crippen LogP contribution is -2.39. The molecule has 0 fully saturated rings. The summed E-state index contributed by atoms with van der Waals surface area (Å²) in [5.74, 6) is -0.462. The minimum atomic E-state index is -0.711. The van der Waals surface area contributed by atoms with Gasteiger partial charge in [-0.25, -0.2) is 0 Å². The van der Waals surface area contributed by atoms with Gasteiger partial charge in [-0.15, -0.1) is 0 Å². The summed E-state index contributed by atoms with van der Waals surface area (Å²) in [7, 11) is 1.51. The summed E-state index contributed by atoms with van der Waals surface area (Å²) in [6.45, 7) is 0. The molecular weight excluding hydrogens is 356 g/mol. The third-order valence-corrected chi connectivity index (χ3v) is 4.23. The van der Waals surface area contributed by atoms with Crippen LogP contribution in [0.2, 0.25) is 5.02 Å². The first-order valence-corrected chi connectivity index (χ1v) is 8.23. The molecule has 2 aromatic carbocycles. The molecule has 0 saturated carbocycles. The average molecular weight is 373 g/mol. The Kier molecular flexibility index (Phi) is 5.09. The first kappa shape index (κ1) is 17.8. The number of ether oxygens (including phenoxy) is 1. The molecule has 3 N–H and O–H groups in total. The Hall–Kier alpha value is -3.06. The molecule has 0 radical (unpaired) electrons. The Bertz CT molecular complexity index is 870. The van der Waals surface area contributed by atoms with Gasteiger partial charge in [-0.1, -0.05) is 29.8 Å². The van der Waals surface area contributed by atoms with E-state index < -0.39 is 17.9 Å². The van der Waals surface area contributed by atoms with E-state index in [1.54, 1.807) is 30.3 Å². The van der Waals surface area contributed by atoms with Gasteiger partial charge in [-0.3, -0.25) is 14.6 Å². The van der Waals surface area contributed by atoms with Crippen molar-refractivity contribution in [2.75, 3.05) is 17.4 Å². The molecule has 1 aliphatic heterocycles. The molecule has 0 spiro atoms. The lowest BCUT2D eigenvalue weighted by Gasteiger charge is -2.20. The fourth-order valence-corrected chi connectivity index (χ4v) is 2.89. The molecule has 1 atom stereocenters. The van der Waals surface area contributed by atoms with Gasteiger partial charge in [0.2, 0.25) is 5.91 Å². The van der Waals surface area contributed by atoms with Crippen LogP contribution in [0.15, 0.2) is 53.6 Å². The number of carbonyl (C=O) groups is 2. The van der Waals surface area contributed by atoms with Crippen molar-refractivity contribution in [3.63, 3.8) is 0 Å². The number of hydrazone groups is 1. The molecule has 2 amide bonds. The summed E-state index contributed by atoms with van der Waals surface area (Å²) in [6, 6.07) is 13.3. The van der Waals surface area contributed by atoms with Gasteiger partial charge >= 0.3 is 0 Å². The van der Waals surface area contributed by atoms with Crippen LogP contribution >= 0.6 is 11.6 Å². The number of hydrogen-bond acceptors (Lipinski definition) is 5. The highest BCUT2D eigenvalue weighted by molar-refractivity contribution is 6.44. The second-order valence-corrected chi connectivity index (χ2v) is 6.06. The van der Waals surface area contributed by atoms with Crippen molar-refractivity contribution in [1.82, 2.24) is 0 Å². The quantitative estimate of drug-likeness (QED) is 0.842. The van der Waals surface area contributed by atoms with Gasteiger partial charge in [0.05, 0.1) is 17.8 Å². The van der Waals surface area contributed by atoms with Crippen LogP contribution in [0.25, 0.3) is 0 Å². The summed E-state index contributed by atoms with van der Waals surface area (Å²) in [5.41, 5.74) is 6.87. The van der Waals surface area contributed by atoms with Gasteiger partial charge in [-0.05, 0) is 30.3 Å². The standard InChI is InChI=1S/C18H17ClN4O3/c1-26-16-8-7-11(9-13(16)19)21-18(25)14-10-15(17(20)24)23(22-14)12-5-3-2-4-6-12/h2-9,15H,10H2,1H3,(H2,20,24)(H,21,25). The smallest absolute Gasteiger partial charge is 0.271 e. The minimum Gasteiger partial charge on any atom is -0.495 e. The van der Waals surface area contributed by atoms with Crippen LogP contribution in [0.5, 0.6) is 5.75 Å². The molecule has 0 bridgehead atoms. The van der Waals surface area contributed by atoms with E-state index in [4.69, 9.17) is 22.1 Å². The third kappa shape index (κ3) is 3.62. The SMILES string of the molecule is COc1ccc(NC(=O)C2=NN(c3ccccc3)C(C(N)=O)C2)cc1Cl. The van der Waals surface area contributed by atoms with E-state index in [1.807, 2.05) is 18.2 Å². The summed E-state index contributed by atoms with van der Waals surface area (Å²) in [6.07, 6.45) is 0.125. The maximum absolute atomic E-state index is 12.5. The number of amides is 2. The van der Waals surface area contributed by atoms with Gasteiger partial charge in [0.25, 0.3) is 5.91 Å². The average Bonchev–Trinajstić information content (AvgIpc) is 3.08. The number of rotatable bonds is 5. The number of nitrogens with two attached hydrogens (primary N) is 1. The first-order valence-electron chi connectivity index (χ1n) is 7.85. The highest BCUT2D eigenvalue weighted by atomic mass is 35.5. The van der Waals surface area contributed by atoms with Crippen LogP contribution in [0.4, 0.5) is 11.4 Å². The van der Waals surface area contributed by atoms with E-state index in [-0.39, 0.29) is 12.1 Å². The van der Waals surface area contributed by atoms with Gasteiger partial charge in [0.1, 0.15) is 17.5 Å². The molecule has 26 heavy (non-hydrogen) atoms. The van der Waals surface area contributed by atoms with Crippen molar-refractivity contribution in [3.8, 4) is 5.75 Å². The predicted octanol–water partition coefficient (Wildman–Crippen LogP) is 2.41. The molecule has 1 unspecified atom stereocenters. The highest BCUT2D eigenvalue weighted by Crippen LogP contribution is 2.28. The largest absolute Gasteiger partial charge is 0.495 e. The monoisotopic (exact) mass is 372 g/mol. The molecule has 134 valence electrons. The van der Waals surface area contributed by atoms with Gasteiger partial charge < -0.3 is 15.8 Å². The number of hydrogen-bond donors (Lipinski definition) is 2. The number of anilines is 2. The second kappa shape index (κ2) is 7.45. The summed E-state index contributed by atoms with van der Waals surface area (Å²) >= 11 is 6.06. The van der Waals surface area contributed by atoms with E-state index in [1.165, 1.54) is 12.1 Å². The molecule has 0 aliphatic carbocycles. The molecule has 3 rings (SSSR count). The van der Waals surface area contributed by atoms with Crippen LogP contribution in [0, 0.1) is 0 Å². The fraction of sp³-hybridized carbons (Fsp3) is 0.167. The van der Waals surface area contributed by atoms with Crippen LogP contribution in [0.3, 0.4) is 0 Å². The number of primary amides is 1. The minimum absolute atomic E-state index is 0.125. The number of halogens is 1. The van der Waals surface area contributed by atoms with Gasteiger partial charge in [0, 0.05) is 12.1 Å². The van der Waals surface area contributed by atoms with Crippen LogP contribution in [-0.2, 0) is 9.59 Å². The normalized spacial score (nSPS) is 16.2. The number of nitrogens with zero attached hydrogens (tertiary/aromatic N) is 2. The van der Waals surface area contributed by atoms with Crippen LogP contribution in [-0.4, -0.2) is 30.7 Å². The number of para-hydroxylation sites is 1. The first-order chi connectivity index (χ1) is 12.5. The van der Waals surface area contributed by atoms with Crippen molar-refractivity contribution in [3.05, 3.63) is 53.6 Å². The van der Waals surface area contributed by atoms with E-state index in [0.29, 0.717) is 22.1 Å². The van der Waals surface area contributed by atoms with Crippen molar-refractivity contribution in [1.29, 1.82) is 0 Å². The Labute approximate surface area is 155 Å². The molecule has 7 nitrogen and oxygen atoms in total. The Morgan fingerprint density at radius 1 is 1.27 bits per heavy atom. The molecule has 1 heterocycles. The van der Waals surface area contributed by atoms with Crippen molar-refractivity contribution >= 4 is 40.5 Å². The lowest BCUT2D eigenvalue weighted by molar-refractivity contribution is -0.119. The fourth-order valence-electron chi connectivity index (χ4n) is 2.64. The maximum Gasteiger partial charge on any atom is 0.271 e. The second-order valence-electron chi connectivity index (χ2n) is 5.65. The molecule has 0 aromatic heterocycles. The lowest BCUT2D eigenvalue weighted by atomic mass is 10.1. The summed E-state index contributed by atoms with van der Waals surface area (Å²) < 4.78 is 5.08. The zero-order chi connectivity index (χ0) is 18.7. The zero-order valence-electron chi connectivity index (χ0n) is 14.0. The van der Waals surface area contributed by atoms with Gasteiger partial charge in [-0.2, -0.15) is 5.10 Å². The molecule has 1 aliphatic rings. The molecule has 8 heteroatoms. The van der Waals surface area contributed by atoms with E-state index in [2.05, 4.69) is 10.4 Å². The van der Waals surface area contributed by atoms with Crippen LogP contribution in [0.1, 0.15) is 6.42 Å². The number of carbonyl (C=O) groups excluding carboxylic acids is 2. The Balaban J connectivity index is 1.81. The topological polar surface area (TPSA) is 97.0 Å². The van der Waals surface area contributed by atoms with Crippen LogP contribution < -0.4 is 20.8 Å². The van der Waals surface area contributed by atoms with Gasteiger partial charge in [0.15, 0.2) is 0 Å². The Morgan fingerprint density at radius 3 is 2.62 bits per heavy atom. The predicted molar refractivity (Wildman–Crippen MR) is 101 cm³/mol. The van der Waals surface area contributed by atoms with E-state index >= 15 is 0 Å². The van der Waals surface area contributed by atoms with E-state index in [0.717, 1.165) is 0 Å². The molecule has 0 saturated heterocycles. The van der Waals surface area contributed by atoms with Crippen molar-refractivity contribution in [2.45, 2.75) is 12.5 Å². The molecular formula is C18H17ClN4O3. The van der Waals surface area contributed by atoms with Crippen molar-refractivity contribution in [2.24, 2.45) is 10.8 Å². The summed E-state index contributed by atoms with van der Waals surface area (Å²) in [5, 5.41) is 8.86. The Morgan fingerprint density at radius 2 is 2.00 bits per heavy atom. The number of benzene rings is 2. The zero-order valence-corrected chi connectivity index (χ0v) is 14.7. The maximum atomic E-state index is 12.5. The number of nitrogens with one attached hydrogen (secondary N) is 1. The summed E-state index contributed by atoms with van der Waals surface area (Å²) in [4.78, 5) is 24.3. The van der Waals surface area contributed by atoms with E-state index in [9.17, 15) is 9.59 Å². The highest BCUT2D eigenvalue weighted by Gasteiger charge is 2.34. The third-order valence-electron chi connectivity index (χ3n) is 3.93.